The molecule has 0 bridgehead atoms. The number of nitrogens with two attached hydrogens (primary N) is 1. The SMILES string of the molecule is CCCCCCCCCCOc1ccc(CNC2CCC(C(=O)O)(C(=O)O)C2)cc1Cl.CCCCCCCCCc1ccc(CNC2CCC(C(N)=O)(C(=O)O)C2)cc1.CCCCCCCCOc1ccc(CNC2CCC(C(=O)O)(C(=O)O)C2)cc1Cl. The minimum absolute atomic E-state index is 0.0102. The number of nitrogens with one attached hydrogen (secondary N) is 3. The van der Waals surface area contributed by atoms with Crippen molar-refractivity contribution in [1.29, 1.82) is 0 Å². The summed E-state index contributed by atoms with van der Waals surface area (Å²) in [4.78, 5) is 68.7. The van der Waals surface area contributed by atoms with Crippen LogP contribution in [-0.2, 0) is 54.8 Å². The van der Waals surface area contributed by atoms with Gasteiger partial charge in [0.15, 0.2) is 10.8 Å². The summed E-state index contributed by atoms with van der Waals surface area (Å²) in [5.41, 5.74) is 5.04. The van der Waals surface area contributed by atoms with Gasteiger partial charge in [0.1, 0.15) is 16.9 Å². The van der Waals surface area contributed by atoms with Crippen LogP contribution in [0.25, 0.3) is 0 Å². The van der Waals surface area contributed by atoms with Crippen molar-refractivity contribution >= 4 is 59.0 Å². The van der Waals surface area contributed by atoms with Crippen molar-refractivity contribution in [3.63, 3.8) is 0 Å². The monoisotopic (exact) mass is 1270 g/mol. The Bertz CT molecular complexity index is 2560. The third kappa shape index (κ3) is 24.7. The summed E-state index contributed by atoms with van der Waals surface area (Å²) in [6.07, 6.45) is 30.4. The van der Waals surface area contributed by atoms with E-state index in [0.717, 1.165) is 36.8 Å². The van der Waals surface area contributed by atoms with E-state index in [1.165, 1.54) is 127 Å². The average molecular weight is 1270 g/mol. The molecule has 0 radical (unpaired) electrons. The normalized spacial score (nSPS) is 19.0. The predicted octanol–water partition coefficient (Wildman–Crippen LogP) is 14.7. The van der Waals surface area contributed by atoms with Gasteiger partial charge in [0, 0.05) is 37.8 Å². The van der Waals surface area contributed by atoms with E-state index in [0.29, 0.717) is 80.1 Å². The highest BCUT2D eigenvalue weighted by Gasteiger charge is 2.53. The maximum absolute atomic E-state index is 11.6. The maximum Gasteiger partial charge on any atom is 0.321 e. The number of hydrogen-bond donors (Lipinski definition) is 9. The van der Waals surface area contributed by atoms with E-state index in [2.05, 4.69) is 61.0 Å². The first-order valence-electron chi connectivity index (χ1n) is 32.8. The second kappa shape index (κ2) is 40.3. The number of aliphatic carboxylic acids is 5. The van der Waals surface area contributed by atoms with Crippen LogP contribution in [0.4, 0.5) is 0 Å². The molecule has 3 aromatic carbocycles. The summed E-state index contributed by atoms with van der Waals surface area (Å²) in [6.45, 7) is 9.66. The smallest absolute Gasteiger partial charge is 0.321 e. The van der Waals surface area contributed by atoms with Crippen LogP contribution in [-0.4, -0.2) is 92.6 Å². The number of aryl methyl sites for hydroxylation is 1. The van der Waals surface area contributed by atoms with Gasteiger partial charge in [0.2, 0.25) is 5.91 Å². The molecule has 19 heteroatoms. The van der Waals surface area contributed by atoms with Gasteiger partial charge >= 0.3 is 29.8 Å². The van der Waals surface area contributed by atoms with Crippen molar-refractivity contribution in [3.05, 3.63) is 93.0 Å². The Morgan fingerprint density at radius 1 is 0.432 bits per heavy atom. The van der Waals surface area contributed by atoms with Crippen LogP contribution in [0.15, 0.2) is 60.7 Å². The van der Waals surface area contributed by atoms with E-state index in [9.17, 15) is 54.3 Å². The lowest BCUT2D eigenvalue weighted by molar-refractivity contribution is -0.166. The molecule has 0 aliphatic heterocycles. The van der Waals surface area contributed by atoms with E-state index >= 15 is 0 Å². The first-order valence-corrected chi connectivity index (χ1v) is 33.6. The zero-order chi connectivity index (χ0) is 64.4. The summed E-state index contributed by atoms with van der Waals surface area (Å²) < 4.78 is 11.6. The minimum Gasteiger partial charge on any atom is -0.492 e. The molecule has 17 nitrogen and oxygen atoms in total. The fraction of sp³-hybridized carbons (Fsp3) is 0.652. The Balaban J connectivity index is 0.000000283. The number of carbonyl (C=O) groups is 6. The van der Waals surface area contributed by atoms with Crippen LogP contribution in [0.1, 0.15) is 236 Å². The van der Waals surface area contributed by atoms with Gasteiger partial charge in [-0.3, -0.25) is 28.8 Å². The number of benzene rings is 3. The van der Waals surface area contributed by atoms with E-state index in [1.54, 1.807) is 0 Å². The molecule has 492 valence electrons. The van der Waals surface area contributed by atoms with Gasteiger partial charge in [0.05, 0.1) is 23.3 Å². The van der Waals surface area contributed by atoms with Crippen molar-refractivity contribution in [1.82, 2.24) is 16.0 Å². The molecule has 4 atom stereocenters. The predicted molar refractivity (Wildman–Crippen MR) is 346 cm³/mol. The summed E-state index contributed by atoms with van der Waals surface area (Å²) in [7, 11) is 0. The molecule has 3 aliphatic rings. The quantitative estimate of drug-likeness (QED) is 0.0189. The molecule has 3 fully saturated rings. The van der Waals surface area contributed by atoms with Crippen LogP contribution in [0, 0.1) is 16.2 Å². The Morgan fingerprint density at radius 2 is 0.727 bits per heavy atom. The molecule has 1 amide bonds. The largest absolute Gasteiger partial charge is 0.492 e. The van der Waals surface area contributed by atoms with Crippen molar-refractivity contribution in [2.45, 2.75) is 258 Å². The van der Waals surface area contributed by atoms with Gasteiger partial charge in [-0.15, -0.1) is 0 Å². The van der Waals surface area contributed by atoms with Gasteiger partial charge in [-0.05, 0) is 130 Å². The molecule has 10 N–H and O–H groups in total. The molecule has 0 heterocycles. The van der Waals surface area contributed by atoms with E-state index in [1.807, 2.05) is 36.4 Å². The molecule has 0 aromatic heterocycles. The van der Waals surface area contributed by atoms with Crippen LogP contribution in [0.2, 0.25) is 10.0 Å². The fourth-order valence-corrected chi connectivity index (χ4v) is 12.6. The summed E-state index contributed by atoms with van der Waals surface area (Å²) in [5, 5.41) is 57.7. The van der Waals surface area contributed by atoms with Crippen molar-refractivity contribution in [2.24, 2.45) is 22.0 Å². The lowest BCUT2D eigenvalue weighted by Crippen LogP contribution is -2.43. The summed E-state index contributed by atoms with van der Waals surface area (Å²) in [6, 6.07) is 19.6. The number of rotatable bonds is 41. The fourth-order valence-electron chi connectivity index (χ4n) is 12.1. The average Bonchev–Trinajstić information content (AvgIpc) is 3.28. The van der Waals surface area contributed by atoms with Crippen LogP contribution in [0.3, 0.4) is 0 Å². The van der Waals surface area contributed by atoms with Crippen LogP contribution < -0.4 is 31.2 Å². The Morgan fingerprint density at radius 3 is 1.05 bits per heavy atom. The summed E-state index contributed by atoms with van der Waals surface area (Å²) in [5.74, 6) is -5.52. The molecule has 0 saturated heterocycles. The highest BCUT2D eigenvalue weighted by atomic mass is 35.5. The zero-order valence-corrected chi connectivity index (χ0v) is 54.3. The standard InChI is InChI=1S/C24H36ClNO5.C23H36N2O3.C22H32ClNO5/c1-2-3-4-5-6-7-8-9-14-31-21-11-10-18(15-20(21)25)17-26-19-12-13-24(16-19,22(27)28)23(29)30;1-2-3-4-5-6-7-8-9-18-10-12-19(13-11-18)17-25-20-14-15-23(16-20,21(24)26)22(27)28;1-2-3-4-5-6-7-12-29-19-9-8-16(13-18(19)23)15-24-17-10-11-22(14-17,20(25)26)21(27)28/h10-11,15,19,26H,2-9,12-14,16-17H2,1H3,(H,27,28)(H,29,30);10-13,20,25H,2-9,14-17H2,1H3,(H2,24,26)(H,27,28);8-9,13,17,24H,2-7,10-12,14-15H2,1H3,(H,25,26)(H,27,28). The highest BCUT2D eigenvalue weighted by molar-refractivity contribution is 6.32. The molecule has 3 aliphatic carbocycles. The van der Waals surface area contributed by atoms with Gasteiger partial charge in [-0.25, -0.2) is 0 Å². The molecule has 3 aromatic rings. The van der Waals surface area contributed by atoms with Gasteiger partial charge in [-0.1, -0.05) is 196 Å². The van der Waals surface area contributed by atoms with E-state index in [4.69, 9.17) is 38.4 Å². The number of carbonyl (C=O) groups excluding carboxylic acids is 1. The highest BCUT2D eigenvalue weighted by Crippen LogP contribution is 2.41. The molecule has 3 saturated carbocycles. The molecule has 0 spiro atoms. The topological polar surface area (TPSA) is 284 Å². The molecule has 88 heavy (non-hydrogen) atoms. The molecular formula is C69H104Cl2N4O13. The maximum atomic E-state index is 11.6. The number of amides is 1. The number of ether oxygens (including phenoxy) is 2. The Hall–Kier alpha value is -5.46. The first kappa shape index (κ1) is 75.0. The Labute approximate surface area is 533 Å². The van der Waals surface area contributed by atoms with Gasteiger partial charge < -0.3 is 56.7 Å². The van der Waals surface area contributed by atoms with E-state index in [-0.39, 0.29) is 50.2 Å². The van der Waals surface area contributed by atoms with Gasteiger partial charge in [0.25, 0.3) is 0 Å². The molecule has 6 rings (SSSR count). The second-order valence-electron chi connectivity index (χ2n) is 24.8. The number of unbranched alkanes of at least 4 members (excludes halogenated alkanes) is 18. The first-order chi connectivity index (χ1) is 42.2. The minimum atomic E-state index is -1.68. The number of primary amides is 1. The van der Waals surface area contributed by atoms with Crippen LogP contribution in [0.5, 0.6) is 11.5 Å². The van der Waals surface area contributed by atoms with Crippen molar-refractivity contribution < 1.29 is 63.8 Å². The number of hydrogen-bond acceptors (Lipinski definition) is 11. The third-order valence-electron chi connectivity index (χ3n) is 17.9. The number of carboxylic acid groups (broad SMARTS) is 5. The number of halogens is 2. The molecule has 4 unspecified atom stereocenters. The second-order valence-corrected chi connectivity index (χ2v) is 25.6. The van der Waals surface area contributed by atoms with E-state index < -0.39 is 52.0 Å². The summed E-state index contributed by atoms with van der Waals surface area (Å²) >= 11 is 12.7. The number of carboxylic acids is 5. The Kier molecular flexibility index (Phi) is 34.4. The zero-order valence-electron chi connectivity index (χ0n) is 52.8. The lowest BCUT2D eigenvalue weighted by Gasteiger charge is -2.20. The van der Waals surface area contributed by atoms with Crippen LogP contribution >= 0.6 is 23.2 Å². The molecular weight excluding hydrogens is 1160 g/mol. The van der Waals surface area contributed by atoms with Gasteiger partial charge in [-0.2, -0.15) is 0 Å². The van der Waals surface area contributed by atoms with Crippen molar-refractivity contribution in [2.75, 3.05) is 13.2 Å². The lowest BCUT2D eigenvalue weighted by atomic mass is 9.85. The van der Waals surface area contributed by atoms with Crippen molar-refractivity contribution in [3.8, 4) is 11.5 Å². The third-order valence-corrected chi connectivity index (χ3v) is 18.5.